The Labute approximate surface area is 299 Å². The number of nitrogens with one attached hydrogen (secondary N) is 1. The molecule has 0 unspecified atom stereocenters. The number of amides is 2. The van der Waals surface area contributed by atoms with Crippen LogP contribution in [0, 0.1) is 5.92 Å². The van der Waals surface area contributed by atoms with Crippen LogP contribution in [0.1, 0.15) is 54.4 Å². The Balaban J connectivity index is 1.10. The first kappa shape index (κ1) is 35.4. The SMILES string of the molecule is C[C@H]1[C@@H](Cn2cnc3ccccc32)O[C@@H](c2cccc(-c3cccc(CNC(=O)[C@@H]4CCCN4C(=O)C(F)(F)F)c3)c2)O[C@H]1c1ccc(CO)cc1. The van der Waals surface area contributed by atoms with Gasteiger partial charge in [0.2, 0.25) is 5.91 Å². The minimum absolute atomic E-state index is 0.0321. The molecule has 0 aliphatic carbocycles. The van der Waals surface area contributed by atoms with Gasteiger partial charge in [-0.05, 0) is 64.9 Å². The topological polar surface area (TPSA) is 106 Å². The van der Waals surface area contributed by atoms with E-state index < -0.39 is 30.3 Å². The molecule has 2 N–H and O–H groups in total. The first-order valence-corrected chi connectivity index (χ1v) is 17.3. The molecule has 270 valence electrons. The zero-order valence-electron chi connectivity index (χ0n) is 28.5. The molecular formula is C40H39F3N4O5. The Morgan fingerprint density at radius 2 is 1.65 bits per heavy atom. The van der Waals surface area contributed by atoms with E-state index in [-0.39, 0.29) is 44.2 Å². The van der Waals surface area contributed by atoms with Crippen molar-refractivity contribution < 1.29 is 37.3 Å². The fourth-order valence-electron chi connectivity index (χ4n) is 7.16. The predicted octanol–water partition coefficient (Wildman–Crippen LogP) is 6.86. The van der Waals surface area contributed by atoms with Gasteiger partial charge in [-0.15, -0.1) is 0 Å². The molecule has 1 aromatic heterocycles. The summed E-state index contributed by atoms with van der Waals surface area (Å²) in [7, 11) is 0. The molecule has 52 heavy (non-hydrogen) atoms. The smallest absolute Gasteiger partial charge is 0.392 e. The van der Waals surface area contributed by atoms with Crippen molar-refractivity contribution in [2.75, 3.05) is 6.54 Å². The number of benzene rings is 4. The molecule has 2 aliphatic rings. The molecule has 0 spiro atoms. The molecule has 5 atom stereocenters. The molecule has 2 fully saturated rings. The van der Waals surface area contributed by atoms with Gasteiger partial charge < -0.3 is 29.4 Å². The van der Waals surface area contributed by atoms with E-state index in [9.17, 15) is 27.9 Å². The highest BCUT2D eigenvalue weighted by atomic mass is 19.4. The maximum atomic E-state index is 13.1. The van der Waals surface area contributed by atoms with E-state index in [1.54, 1.807) is 0 Å². The number of carbonyl (C=O) groups excluding carboxylic acids is 2. The van der Waals surface area contributed by atoms with Gasteiger partial charge >= 0.3 is 12.1 Å². The minimum atomic E-state index is -5.03. The molecule has 2 saturated heterocycles. The second-order valence-corrected chi connectivity index (χ2v) is 13.4. The van der Waals surface area contributed by atoms with Crippen molar-refractivity contribution in [2.45, 2.75) is 70.2 Å². The summed E-state index contributed by atoms with van der Waals surface area (Å²) in [6.07, 6.45) is -3.93. The molecular weight excluding hydrogens is 673 g/mol. The van der Waals surface area contributed by atoms with Crippen molar-refractivity contribution in [1.82, 2.24) is 19.8 Å². The van der Waals surface area contributed by atoms with Gasteiger partial charge in [0.1, 0.15) is 6.04 Å². The number of fused-ring (bicyclic) bond motifs is 1. The molecule has 3 heterocycles. The summed E-state index contributed by atoms with van der Waals surface area (Å²) in [6, 6.07) is 30.0. The summed E-state index contributed by atoms with van der Waals surface area (Å²) in [5.41, 5.74) is 7.03. The van der Waals surface area contributed by atoms with Crippen molar-refractivity contribution in [3.05, 3.63) is 126 Å². The van der Waals surface area contributed by atoms with Crippen LogP contribution in [0.5, 0.6) is 0 Å². The van der Waals surface area contributed by atoms with E-state index in [2.05, 4.69) is 21.8 Å². The summed E-state index contributed by atoms with van der Waals surface area (Å²) in [5.74, 6) is -2.63. The summed E-state index contributed by atoms with van der Waals surface area (Å²) in [4.78, 5) is 29.9. The second-order valence-electron chi connectivity index (χ2n) is 13.4. The lowest BCUT2D eigenvalue weighted by atomic mass is 9.90. The van der Waals surface area contributed by atoms with Gasteiger partial charge in [-0.1, -0.05) is 79.7 Å². The van der Waals surface area contributed by atoms with Gasteiger partial charge in [0.15, 0.2) is 6.29 Å². The number of nitrogens with zero attached hydrogens (tertiary/aromatic N) is 3. The number of rotatable bonds is 9. The Kier molecular flexibility index (Phi) is 10.1. The zero-order chi connectivity index (χ0) is 36.4. The molecule has 5 aromatic rings. The molecule has 2 aliphatic heterocycles. The van der Waals surface area contributed by atoms with E-state index in [1.807, 2.05) is 103 Å². The highest BCUT2D eigenvalue weighted by Crippen LogP contribution is 2.43. The third-order valence-electron chi connectivity index (χ3n) is 9.97. The molecule has 9 nitrogen and oxygen atoms in total. The van der Waals surface area contributed by atoms with E-state index in [1.165, 1.54) is 0 Å². The molecule has 4 aromatic carbocycles. The van der Waals surface area contributed by atoms with Crippen LogP contribution in [0.2, 0.25) is 0 Å². The van der Waals surface area contributed by atoms with Gasteiger partial charge in [-0.3, -0.25) is 9.59 Å². The molecule has 0 saturated carbocycles. The normalized spacial score (nSPS) is 22.1. The molecule has 7 rings (SSSR count). The monoisotopic (exact) mass is 712 g/mol. The number of para-hydroxylation sites is 2. The van der Waals surface area contributed by atoms with Crippen LogP contribution in [0.4, 0.5) is 13.2 Å². The number of aromatic nitrogens is 2. The van der Waals surface area contributed by atoms with Crippen molar-refractivity contribution in [3.63, 3.8) is 0 Å². The number of carbonyl (C=O) groups is 2. The maximum absolute atomic E-state index is 13.1. The largest absolute Gasteiger partial charge is 0.471 e. The summed E-state index contributed by atoms with van der Waals surface area (Å²) in [6.45, 7) is 2.61. The second kappa shape index (κ2) is 14.9. The number of ether oxygens (including phenoxy) is 2. The zero-order valence-corrected chi connectivity index (χ0v) is 28.5. The Morgan fingerprint density at radius 3 is 2.42 bits per heavy atom. The third-order valence-corrected chi connectivity index (χ3v) is 9.97. The number of likely N-dealkylation sites (tertiary alicyclic amines) is 1. The Hall–Kier alpha value is -5.04. The standard InChI is InChI=1S/C40H39F3N4O5/c1-25-35(22-46-24-45-32-11-2-3-12-33(32)46)51-38(52-36(25)28-16-14-26(23-48)15-17-28)31-10-5-9-30(20-31)29-8-4-7-27(19-29)21-44-37(49)34-13-6-18-47(34)39(50)40(41,42)43/h2-5,7-12,14-17,19-20,24-25,34-36,38,48H,6,13,18,21-23H2,1H3,(H,44,49)/t25-,34-,35+,36+,38+/m0/s1. The van der Waals surface area contributed by atoms with Crippen LogP contribution in [-0.4, -0.2) is 56.2 Å². The van der Waals surface area contributed by atoms with E-state index in [4.69, 9.17) is 9.47 Å². The number of halogens is 3. The van der Waals surface area contributed by atoms with Crippen molar-refractivity contribution in [3.8, 4) is 11.1 Å². The predicted molar refractivity (Wildman–Crippen MR) is 187 cm³/mol. The van der Waals surface area contributed by atoms with Crippen molar-refractivity contribution >= 4 is 22.8 Å². The Bertz CT molecular complexity index is 2050. The third kappa shape index (κ3) is 7.45. The first-order chi connectivity index (χ1) is 25.1. The molecule has 0 radical (unpaired) electrons. The average molecular weight is 713 g/mol. The van der Waals surface area contributed by atoms with Gasteiger partial charge in [-0.25, -0.2) is 4.98 Å². The number of hydrogen-bond donors (Lipinski definition) is 2. The number of aliphatic hydroxyl groups is 1. The summed E-state index contributed by atoms with van der Waals surface area (Å²) in [5, 5.41) is 12.3. The van der Waals surface area contributed by atoms with Crippen LogP contribution < -0.4 is 5.32 Å². The lowest BCUT2D eigenvalue weighted by Gasteiger charge is -2.41. The van der Waals surface area contributed by atoms with Crippen molar-refractivity contribution in [1.29, 1.82) is 0 Å². The van der Waals surface area contributed by atoms with Gasteiger partial charge in [0.25, 0.3) is 0 Å². The number of aliphatic hydroxyl groups excluding tert-OH is 1. The lowest BCUT2D eigenvalue weighted by molar-refractivity contribution is -0.276. The molecule has 12 heteroatoms. The Morgan fingerprint density at radius 1 is 0.904 bits per heavy atom. The highest BCUT2D eigenvalue weighted by molar-refractivity contribution is 5.90. The van der Waals surface area contributed by atoms with Crippen LogP contribution in [0.15, 0.2) is 103 Å². The van der Waals surface area contributed by atoms with Crippen LogP contribution >= 0.6 is 0 Å². The number of alkyl halides is 3. The van der Waals surface area contributed by atoms with E-state index >= 15 is 0 Å². The minimum Gasteiger partial charge on any atom is -0.392 e. The van der Waals surface area contributed by atoms with E-state index in [0.717, 1.165) is 44.4 Å². The maximum Gasteiger partial charge on any atom is 0.471 e. The van der Waals surface area contributed by atoms with Crippen LogP contribution in [-0.2, 0) is 38.8 Å². The van der Waals surface area contributed by atoms with Gasteiger partial charge in [-0.2, -0.15) is 13.2 Å². The van der Waals surface area contributed by atoms with Crippen LogP contribution in [0.25, 0.3) is 22.2 Å². The fourth-order valence-corrected chi connectivity index (χ4v) is 7.16. The lowest BCUT2D eigenvalue weighted by Crippen LogP contribution is -2.50. The summed E-state index contributed by atoms with van der Waals surface area (Å²) >= 11 is 0. The first-order valence-electron chi connectivity index (χ1n) is 17.3. The quantitative estimate of drug-likeness (QED) is 0.173. The summed E-state index contributed by atoms with van der Waals surface area (Å²) < 4.78 is 54.8. The number of hydrogen-bond acceptors (Lipinski definition) is 6. The highest BCUT2D eigenvalue weighted by Gasteiger charge is 2.47. The molecule has 0 bridgehead atoms. The average Bonchev–Trinajstić information content (AvgIpc) is 3.82. The van der Waals surface area contributed by atoms with Gasteiger partial charge in [0, 0.05) is 24.6 Å². The van der Waals surface area contributed by atoms with E-state index in [0.29, 0.717) is 17.9 Å². The van der Waals surface area contributed by atoms with Crippen molar-refractivity contribution in [2.24, 2.45) is 5.92 Å². The fraction of sp³-hybridized carbons (Fsp3) is 0.325. The number of imidazole rings is 1. The van der Waals surface area contributed by atoms with Gasteiger partial charge in [0.05, 0.1) is 42.7 Å². The molecule has 2 amide bonds. The van der Waals surface area contributed by atoms with Crippen LogP contribution in [0.3, 0.4) is 0 Å².